The molecule has 0 spiro atoms. The number of aromatic nitrogens is 3. The molecule has 0 radical (unpaired) electrons. The largest absolute Gasteiger partial charge is 0.327 e. The highest BCUT2D eigenvalue weighted by molar-refractivity contribution is 6.31. The number of hydrogen-bond donors (Lipinski definition) is 0. The smallest absolute Gasteiger partial charge is 0.254 e. The summed E-state index contributed by atoms with van der Waals surface area (Å²) in [5, 5.41) is 4.75. The third-order valence-corrected chi connectivity index (χ3v) is 4.71. The summed E-state index contributed by atoms with van der Waals surface area (Å²) in [7, 11) is 0. The minimum atomic E-state index is -0.528. The molecule has 26 heavy (non-hydrogen) atoms. The van der Waals surface area contributed by atoms with Gasteiger partial charge in [-0.15, -0.1) is 0 Å². The van der Waals surface area contributed by atoms with Gasteiger partial charge in [0, 0.05) is 22.7 Å². The summed E-state index contributed by atoms with van der Waals surface area (Å²) in [6, 6.07) is 13.3. The van der Waals surface area contributed by atoms with Crippen LogP contribution in [0.4, 0.5) is 4.39 Å². The summed E-state index contributed by atoms with van der Waals surface area (Å²) >= 11 is 5.88. The third kappa shape index (κ3) is 2.97. The van der Waals surface area contributed by atoms with Gasteiger partial charge in [0.25, 0.3) is 5.91 Å². The lowest BCUT2D eigenvalue weighted by Crippen LogP contribution is -2.41. The first-order valence-electron chi connectivity index (χ1n) is 8.30. The van der Waals surface area contributed by atoms with Crippen LogP contribution in [0.15, 0.2) is 48.5 Å². The van der Waals surface area contributed by atoms with E-state index < -0.39 is 5.82 Å². The Hall–Kier alpha value is -2.73. The van der Waals surface area contributed by atoms with Crippen molar-refractivity contribution in [2.24, 2.45) is 0 Å². The molecule has 1 aliphatic heterocycles. The number of carbonyl (C=O) groups excluding carboxylic acids is 1. The lowest BCUT2D eigenvalue weighted by molar-refractivity contribution is 0.0630. The van der Waals surface area contributed by atoms with E-state index in [0.29, 0.717) is 24.7 Å². The Kier molecular flexibility index (Phi) is 4.20. The molecule has 132 valence electrons. The lowest BCUT2D eigenvalue weighted by Gasteiger charge is -2.33. The number of halogens is 2. The number of nitrogens with zero attached hydrogens (tertiary/aromatic N) is 4. The zero-order valence-electron chi connectivity index (χ0n) is 14.1. The molecule has 1 aliphatic rings. The minimum Gasteiger partial charge on any atom is -0.327 e. The zero-order valence-corrected chi connectivity index (χ0v) is 14.8. The molecule has 1 atom stereocenters. The van der Waals surface area contributed by atoms with Crippen LogP contribution in [0.5, 0.6) is 0 Å². The van der Waals surface area contributed by atoms with Crippen molar-refractivity contribution >= 4 is 17.5 Å². The molecule has 0 aliphatic carbocycles. The van der Waals surface area contributed by atoms with Gasteiger partial charge in [0.05, 0.1) is 12.6 Å². The molecule has 5 nitrogen and oxygen atoms in total. The van der Waals surface area contributed by atoms with Crippen molar-refractivity contribution in [3.05, 3.63) is 70.8 Å². The van der Waals surface area contributed by atoms with E-state index in [0.717, 1.165) is 5.56 Å². The number of hydrogen-bond acceptors (Lipinski definition) is 3. The maximum absolute atomic E-state index is 13.6. The fourth-order valence-corrected chi connectivity index (χ4v) is 3.42. The Morgan fingerprint density at radius 2 is 1.96 bits per heavy atom. The predicted octanol–water partition coefficient (Wildman–Crippen LogP) is 3.95. The first kappa shape index (κ1) is 16.7. The Labute approximate surface area is 155 Å². The van der Waals surface area contributed by atoms with E-state index in [1.54, 1.807) is 4.90 Å². The van der Waals surface area contributed by atoms with Crippen LogP contribution in [-0.4, -0.2) is 32.1 Å². The number of carbonyl (C=O) groups is 1. The topological polar surface area (TPSA) is 51.0 Å². The first-order valence-corrected chi connectivity index (χ1v) is 8.68. The average molecular weight is 371 g/mol. The standard InChI is InChI=1S/C19H16ClFN4O/c1-12-18-22-17(13-5-3-2-4-6-13)23-25(18)8-7-24(12)19(26)14-9-15(20)11-16(21)10-14/h2-6,9-12H,7-8H2,1H3/t12-/m0/s1. The van der Waals surface area contributed by atoms with E-state index in [2.05, 4.69) is 10.1 Å². The Morgan fingerprint density at radius 3 is 2.69 bits per heavy atom. The van der Waals surface area contributed by atoms with Gasteiger partial charge in [-0.1, -0.05) is 41.9 Å². The molecule has 0 fully saturated rings. The van der Waals surface area contributed by atoms with Gasteiger partial charge in [0.2, 0.25) is 0 Å². The van der Waals surface area contributed by atoms with Crippen molar-refractivity contribution in [2.75, 3.05) is 6.54 Å². The van der Waals surface area contributed by atoms with Gasteiger partial charge in [0.15, 0.2) is 5.82 Å². The molecule has 2 heterocycles. The Balaban J connectivity index is 1.64. The summed E-state index contributed by atoms with van der Waals surface area (Å²) in [6.45, 7) is 2.90. The molecule has 0 saturated heterocycles. The van der Waals surface area contributed by atoms with Gasteiger partial charge in [-0.2, -0.15) is 5.10 Å². The van der Waals surface area contributed by atoms with Crippen molar-refractivity contribution < 1.29 is 9.18 Å². The summed E-state index contributed by atoms with van der Waals surface area (Å²) in [5.41, 5.74) is 1.16. The molecule has 0 saturated carbocycles. The van der Waals surface area contributed by atoms with Crippen LogP contribution < -0.4 is 0 Å². The van der Waals surface area contributed by atoms with Crippen molar-refractivity contribution in [2.45, 2.75) is 19.5 Å². The highest BCUT2D eigenvalue weighted by atomic mass is 35.5. The number of rotatable bonds is 2. The quantitative estimate of drug-likeness (QED) is 0.686. The van der Waals surface area contributed by atoms with Gasteiger partial charge < -0.3 is 4.90 Å². The molecule has 4 rings (SSSR count). The van der Waals surface area contributed by atoms with Crippen molar-refractivity contribution in [3.63, 3.8) is 0 Å². The van der Waals surface area contributed by atoms with Crippen LogP contribution in [0, 0.1) is 5.82 Å². The van der Waals surface area contributed by atoms with Gasteiger partial charge in [-0.05, 0) is 25.1 Å². The normalized spacial score (nSPS) is 16.4. The maximum Gasteiger partial charge on any atom is 0.254 e. The monoisotopic (exact) mass is 370 g/mol. The first-order chi connectivity index (χ1) is 12.5. The summed E-state index contributed by atoms with van der Waals surface area (Å²) < 4.78 is 15.4. The lowest BCUT2D eigenvalue weighted by atomic mass is 10.1. The summed E-state index contributed by atoms with van der Waals surface area (Å²) in [5.74, 6) is 0.552. The van der Waals surface area contributed by atoms with E-state index >= 15 is 0 Å². The van der Waals surface area contributed by atoms with Crippen LogP contribution in [0.1, 0.15) is 29.1 Å². The molecule has 3 aromatic rings. The fraction of sp³-hybridized carbons (Fsp3) is 0.211. The van der Waals surface area contributed by atoms with Gasteiger partial charge >= 0.3 is 0 Å². The second-order valence-electron chi connectivity index (χ2n) is 6.22. The van der Waals surface area contributed by atoms with Gasteiger partial charge in [-0.25, -0.2) is 14.1 Å². The van der Waals surface area contributed by atoms with Crippen LogP contribution in [0.2, 0.25) is 5.02 Å². The molecule has 1 aromatic heterocycles. The number of fused-ring (bicyclic) bond motifs is 1. The molecular formula is C19H16ClFN4O. The maximum atomic E-state index is 13.6. The minimum absolute atomic E-state index is 0.201. The van der Waals surface area contributed by atoms with E-state index in [1.807, 2.05) is 41.9 Å². The fourth-order valence-electron chi connectivity index (χ4n) is 3.19. The average Bonchev–Trinajstić information content (AvgIpc) is 3.07. The zero-order chi connectivity index (χ0) is 18.3. The van der Waals surface area contributed by atoms with E-state index in [9.17, 15) is 9.18 Å². The van der Waals surface area contributed by atoms with Crippen molar-refractivity contribution in [1.82, 2.24) is 19.7 Å². The Morgan fingerprint density at radius 1 is 1.19 bits per heavy atom. The molecule has 1 amide bonds. The van der Waals surface area contributed by atoms with Crippen molar-refractivity contribution in [3.8, 4) is 11.4 Å². The molecule has 0 unspecified atom stereocenters. The van der Waals surface area contributed by atoms with E-state index in [4.69, 9.17) is 11.6 Å². The second-order valence-corrected chi connectivity index (χ2v) is 6.65. The van der Waals surface area contributed by atoms with Crippen LogP contribution in [-0.2, 0) is 6.54 Å². The predicted molar refractivity (Wildman–Crippen MR) is 96.3 cm³/mol. The van der Waals surface area contributed by atoms with Gasteiger partial charge in [0.1, 0.15) is 11.6 Å². The summed E-state index contributed by atoms with van der Waals surface area (Å²) in [6.07, 6.45) is 0. The molecule has 7 heteroatoms. The van der Waals surface area contributed by atoms with Crippen LogP contribution in [0.25, 0.3) is 11.4 Å². The summed E-state index contributed by atoms with van der Waals surface area (Å²) in [4.78, 5) is 19.1. The van der Waals surface area contributed by atoms with E-state index in [1.165, 1.54) is 18.2 Å². The molecule has 2 aromatic carbocycles. The van der Waals surface area contributed by atoms with Crippen molar-refractivity contribution in [1.29, 1.82) is 0 Å². The second kappa shape index (κ2) is 6.53. The highest BCUT2D eigenvalue weighted by Gasteiger charge is 2.31. The molecular weight excluding hydrogens is 355 g/mol. The van der Waals surface area contributed by atoms with Crippen LogP contribution in [0.3, 0.4) is 0 Å². The molecule has 0 N–H and O–H groups in total. The molecule has 0 bridgehead atoms. The van der Waals surface area contributed by atoms with Crippen LogP contribution >= 0.6 is 11.6 Å². The SMILES string of the molecule is C[C@H]1c2nc(-c3ccccc3)nn2CCN1C(=O)c1cc(F)cc(Cl)c1. The number of benzene rings is 2. The van der Waals surface area contributed by atoms with E-state index in [-0.39, 0.29) is 22.5 Å². The van der Waals surface area contributed by atoms with Gasteiger partial charge in [-0.3, -0.25) is 4.79 Å². The third-order valence-electron chi connectivity index (χ3n) is 4.50. The number of amides is 1. The Bertz CT molecular complexity index is 953. The highest BCUT2D eigenvalue weighted by Crippen LogP contribution is 2.28.